The van der Waals surface area contributed by atoms with Crippen molar-refractivity contribution in [3.63, 3.8) is 0 Å². The molecule has 0 bridgehead atoms. The number of H-pyrrole nitrogens is 2. The topological polar surface area (TPSA) is 152 Å². The highest BCUT2D eigenvalue weighted by molar-refractivity contribution is 6.62. The summed E-state index contributed by atoms with van der Waals surface area (Å²) in [5.74, 6) is -0.651. The van der Waals surface area contributed by atoms with Crippen molar-refractivity contribution in [2.24, 2.45) is 0 Å². The fourth-order valence-corrected chi connectivity index (χ4v) is 7.47. The number of piperazine rings is 1. The lowest BCUT2D eigenvalue weighted by Gasteiger charge is -2.34. The Labute approximate surface area is 354 Å². The predicted molar refractivity (Wildman–Crippen MR) is 232 cm³/mol. The molecule has 13 nitrogen and oxygen atoms in total. The van der Waals surface area contributed by atoms with Gasteiger partial charge in [-0.15, -0.1) is 0 Å². The first-order chi connectivity index (χ1) is 29.1. The van der Waals surface area contributed by atoms with E-state index in [0.29, 0.717) is 42.0 Å². The molecule has 0 radical (unpaired) electrons. The number of rotatable bonds is 12. The fraction of sp³-hybridized carbons (Fsp3) is 0.370. The Morgan fingerprint density at radius 2 is 1.49 bits per heavy atom. The third kappa shape index (κ3) is 10.0. The van der Waals surface area contributed by atoms with Crippen molar-refractivity contribution in [3.05, 3.63) is 150 Å². The van der Waals surface area contributed by atoms with Crippen molar-refractivity contribution in [3.8, 4) is 0 Å². The molecule has 3 aromatic carbocycles. The number of carbonyl (C=O) groups is 2. The predicted octanol–water partition coefficient (Wildman–Crippen LogP) is 4.05. The number of aromatic amines is 2. The summed E-state index contributed by atoms with van der Waals surface area (Å²) >= 11 is 0. The quantitative estimate of drug-likeness (QED) is 0.140. The summed E-state index contributed by atoms with van der Waals surface area (Å²) in [5, 5.41) is 0.101. The number of amides is 1. The van der Waals surface area contributed by atoms with Gasteiger partial charge in [-0.3, -0.25) is 19.3 Å². The zero-order valence-electron chi connectivity index (χ0n) is 35.5. The number of benzene rings is 3. The Balaban J connectivity index is 0.912. The molecule has 5 aromatic rings. The molecule has 2 aromatic heterocycles. The minimum Gasteiger partial charge on any atom is -0.445 e. The lowest BCUT2D eigenvalue weighted by Crippen LogP contribution is -2.49. The third-order valence-corrected chi connectivity index (χ3v) is 11.7. The Morgan fingerprint density at radius 1 is 0.852 bits per heavy atom. The van der Waals surface area contributed by atoms with Crippen LogP contribution >= 0.6 is 0 Å². The molecule has 0 aliphatic carbocycles. The van der Waals surface area contributed by atoms with Crippen LogP contribution in [0.15, 0.2) is 88.7 Å². The van der Waals surface area contributed by atoms with Crippen molar-refractivity contribution < 1.29 is 28.0 Å². The zero-order chi connectivity index (χ0) is 43.5. The van der Waals surface area contributed by atoms with Crippen LogP contribution < -0.4 is 27.3 Å². The van der Waals surface area contributed by atoms with Crippen LogP contribution in [-0.4, -0.2) is 92.2 Å². The number of nitrogens with one attached hydrogen (secondary N) is 2. The molecule has 0 unspecified atom stereocenters. The number of ether oxygens (including phenoxy) is 1. The van der Waals surface area contributed by atoms with Crippen LogP contribution in [0, 0.1) is 5.82 Å². The highest BCUT2D eigenvalue weighted by Crippen LogP contribution is 2.36. The van der Waals surface area contributed by atoms with Crippen LogP contribution in [0.4, 0.5) is 9.18 Å². The van der Waals surface area contributed by atoms with E-state index in [1.165, 1.54) is 30.3 Å². The van der Waals surface area contributed by atoms with Gasteiger partial charge in [-0.25, -0.2) is 14.2 Å². The smallest absolute Gasteiger partial charge is 0.445 e. The van der Waals surface area contributed by atoms with Crippen molar-refractivity contribution in [1.82, 2.24) is 29.3 Å². The van der Waals surface area contributed by atoms with Gasteiger partial charge in [-0.2, -0.15) is 0 Å². The van der Waals surface area contributed by atoms with Gasteiger partial charge in [0.25, 0.3) is 11.1 Å². The number of hydrogen-bond acceptors (Lipinski definition) is 9. The molecule has 7 rings (SSSR count). The summed E-state index contributed by atoms with van der Waals surface area (Å²) in [4.78, 5) is 66.3. The Morgan fingerprint density at radius 3 is 2.13 bits per heavy atom. The van der Waals surface area contributed by atoms with E-state index in [0.717, 1.165) is 42.8 Å². The number of nitrogens with zero attached hydrogens (tertiary/aromatic N) is 4. The average Bonchev–Trinajstić information content (AvgIpc) is 3.74. The van der Waals surface area contributed by atoms with Crippen LogP contribution in [0.3, 0.4) is 0 Å². The summed E-state index contributed by atoms with van der Waals surface area (Å²) in [6, 6.07) is 19.7. The molecular formula is C46H52BFN6O7. The zero-order valence-corrected chi connectivity index (χ0v) is 35.5. The molecule has 2 fully saturated rings. The third-order valence-electron chi connectivity index (χ3n) is 11.7. The highest BCUT2D eigenvalue weighted by Gasteiger charge is 2.51. The van der Waals surface area contributed by atoms with Crippen LogP contribution in [0.1, 0.15) is 92.3 Å². The minimum absolute atomic E-state index is 0.0295. The summed E-state index contributed by atoms with van der Waals surface area (Å²) in [6.07, 6.45) is 5.37. The molecular weight excluding hydrogens is 778 g/mol. The van der Waals surface area contributed by atoms with Crippen molar-refractivity contribution in [2.45, 2.75) is 78.2 Å². The minimum atomic E-state index is -0.510. The van der Waals surface area contributed by atoms with Crippen LogP contribution in [0.25, 0.3) is 12.2 Å². The number of ketones is 1. The van der Waals surface area contributed by atoms with Gasteiger partial charge in [0.2, 0.25) is 0 Å². The molecule has 2 aliphatic heterocycles. The van der Waals surface area contributed by atoms with Crippen molar-refractivity contribution in [1.29, 1.82) is 0 Å². The number of hydrogen-bond donors (Lipinski definition) is 2. The first-order valence-corrected chi connectivity index (χ1v) is 20.7. The monoisotopic (exact) mass is 830 g/mol. The van der Waals surface area contributed by atoms with Gasteiger partial charge in [0.1, 0.15) is 23.1 Å². The largest absolute Gasteiger partial charge is 0.494 e. The maximum atomic E-state index is 13.4. The number of imidazole rings is 1. The average molecular weight is 831 g/mol. The normalized spacial score (nSPS) is 17.0. The number of aryl methyl sites for hydroxylation is 1. The van der Waals surface area contributed by atoms with E-state index in [1.54, 1.807) is 41.6 Å². The standard InChI is InChI=1S/C46H52BFN6O7/c1-30(2)40-37(27-39-43(57)50-38(42(56)51-39)26-32-9-7-10-34(25-32)41(55)33-13-17-36(48)18-14-33)49-29-54(40)20-8-19-52-21-23-53(24-22-52)44(58)59-28-31-11-15-35(16-12-31)47-60-45(3,4)46(5,6)61-47/h7,9-18,25-27,29-30H,8,19-24,28H2,1-6H3,(H,50,57)(H,51,56)/b38-26-,39-27-. The van der Waals surface area contributed by atoms with Crippen LogP contribution in [0.2, 0.25) is 0 Å². The number of carbonyl (C=O) groups excluding carboxylic acids is 2. The van der Waals surface area contributed by atoms with Crippen molar-refractivity contribution >= 4 is 36.6 Å². The first-order valence-electron chi connectivity index (χ1n) is 20.7. The van der Waals surface area contributed by atoms with Gasteiger partial charge >= 0.3 is 13.2 Å². The summed E-state index contributed by atoms with van der Waals surface area (Å²) in [7, 11) is -0.443. The Hall–Kier alpha value is -5.90. The first kappa shape index (κ1) is 43.2. The lowest BCUT2D eigenvalue weighted by atomic mass is 9.79. The van der Waals surface area contributed by atoms with Gasteiger partial charge in [0.15, 0.2) is 5.78 Å². The van der Waals surface area contributed by atoms with E-state index < -0.39 is 35.3 Å². The number of aromatic nitrogens is 4. The molecule has 61 heavy (non-hydrogen) atoms. The summed E-state index contributed by atoms with van der Waals surface area (Å²) in [6.45, 7) is 16.6. The molecule has 15 heteroatoms. The van der Waals surface area contributed by atoms with Crippen molar-refractivity contribution in [2.75, 3.05) is 32.7 Å². The molecule has 2 saturated heterocycles. The Bertz CT molecular complexity index is 2610. The number of halogens is 1. The van der Waals surface area contributed by atoms with E-state index >= 15 is 0 Å². The maximum Gasteiger partial charge on any atom is 0.494 e. The van der Waals surface area contributed by atoms with E-state index in [2.05, 4.69) is 38.3 Å². The second kappa shape index (κ2) is 18.0. The molecule has 4 heterocycles. The second-order valence-corrected chi connectivity index (χ2v) is 16.9. The molecule has 2 N–H and O–H groups in total. The fourth-order valence-electron chi connectivity index (χ4n) is 7.47. The molecule has 0 saturated carbocycles. The van der Waals surface area contributed by atoms with Gasteiger partial charge in [0, 0.05) is 49.5 Å². The van der Waals surface area contributed by atoms with E-state index in [9.17, 15) is 23.6 Å². The second-order valence-electron chi connectivity index (χ2n) is 16.9. The SMILES string of the molecule is CC(C)c1c(/C=c2\[nH]c(=O)/c(=C/c3cccc(C(=O)c4ccc(F)cc4)c3)[nH]c2=O)ncn1CCCN1CCN(C(=O)OCc2ccc(B3OC(C)(C)C(C)(C)O3)cc2)CC1. The van der Waals surface area contributed by atoms with Gasteiger partial charge in [0.05, 0.1) is 23.2 Å². The van der Waals surface area contributed by atoms with Gasteiger partial charge in [-0.05, 0) is 106 Å². The highest BCUT2D eigenvalue weighted by atomic mass is 19.1. The summed E-state index contributed by atoms with van der Waals surface area (Å²) < 4.78 is 33.4. The molecule has 0 atom stereocenters. The molecule has 0 spiro atoms. The Kier molecular flexibility index (Phi) is 12.7. The van der Waals surface area contributed by atoms with Gasteiger partial charge < -0.3 is 33.5 Å². The van der Waals surface area contributed by atoms with E-state index in [4.69, 9.17) is 14.0 Å². The van der Waals surface area contributed by atoms with Gasteiger partial charge in [-0.1, -0.05) is 56.3 Å². The molecule has 1 amide bonds. The van der Waals surface area contributed by atoms with E-state index in [1.807, 2.05) is 52.0 Å². The lowest BCUT2D eigenvalue weighted by molar-refractivity contribution is 0.00578. The maximum absolute atomic E-state index is 13.4. The molecule has 2 aliphatic rings. The van der Waals surface area contributed by atoms with E-state index in [-0.39, 0.29) is 35.1 Å². The molecule has 318 valence electrons. The van der Waals surface area contributed by atoms with Crippen LogP contribution in [-0.2, 0) is 27.2 Å². The summed E-state index contributed by atoms with van der Waals surface area (Å²) in [5.41, 5.74) is 2.72. The van der Waals surface area contributed by atoms with Crippen LogP contribution in [0.5, 0.6) is 0 Å².